The van der Waals surface area contributed by atoms with E-state index < -0.39 is 0 Å². The molecule has 0 atom stereocenters. The van der Waals surface area contributed by atoms with Gasteiger partial charge in [-0.25, -0.2) is 0 Å². The lowest BCUT2D eigenvalue weighted by molar-refractivity contribution is 1.12. The largest absolute Gasteiger partial charge is 0.308 e. The predicted molar refractivity (Wildman–Crippen MR) is 223 cm³/mol. The second kappa shape index (κ2) is 13.0. The fourth-order valence-electron chi connectivity index (χ4n) is 8.08. The van der Waals surface area contributed by atoms with Gasteiger partial charge in [0.1, 0.15) is 11.6 Å². The molecule has 10 rings (SSSR count). The number of fused-ring (bicyclic) bond motifs is 6. The number of para-hydroxylation sites is 2. The average molecular weight is 713 g/mol. The SMILES string of the molecule is N#Cc1ccc(-c2ccc3c4ccccc4n(-c4cc(-c5ccncc5)cc(-n5c6ccccc6c6ccc(-c7ccc(C#N)cc7)cc65)c4C#N)c3c2)cc1. The second-order valence-electron chi connectivity index (χ2n) is 13.8. The van der Waals surface area contributed by atoms with Crippen molar-refractivity contribution in [3.8, 4) is 63.0 Å². The van der Waals surface area contributed by atoms with Crippen LogP contribution in [0.25, 0.3) is 88.4 Å². The summed E-state index contributed by atoms with van der Waals surface area (Å²) in [6.07, 6.45) is 3.59. The molecule has 0 saturated heterocycles. The molecule has 0 aliphatic heterocycles. The Labute approximate surface area is 322 Å². The monoisotopic (exact) mass is 712 g/mol. The number of hydrogen-bond acceptors (Lipinski definition) is 4. The van der Waals surface area contributed by atoms with Gasteiger partial charge in [-0.3, -0.25) is 4.98 Å². The van der Waals surface area contributed by atoms with Crippen molar-refractivity contribution >= 4 is 43.6 Å². The zero-order chi connectivity index (χ0) is 37.8. The molecule has 258 valence electrons. The molecule has 3 heterocycles. The Bertz CT molecular complexity index is 3120. The summed E-state index contributed by atoms with van der Waals surface area (Å²) in [4.78, 5) is 4.31. The van der Waals surface area contributed by atoms with Crippen LogP contribution in [0, 0.1) is 34.0 Å². The predicted octanol–water partition coefficient (Wildman–Crippen LogP) is 11.9. The first-order valence-electron chi connectivity index (χ1n) is 18.2. The van der Waals surface area contributed by atoms with Crippen LogP contribution in [-0.2, 0) is 0 Å². The van der Waals surface area contributed by atoms with E-state index in [0.29, 0.717) is 16.7 Å². The van der Waals surface area contributed by atoms with Crippen LogP contribution in [0.5, 0.6) is 0 Å². The standard InChI is InChI=1S/C50H28N6/c51-29-32-9-13-34(14-10-32)37-17-19-42-40-5-1-3-7-45(40)55(47(42)25-37)49-27-39(36-21-23-54-24-22-36)28-50(44(49)31-53)56-46-8-4-2-6-41(46)43-20-18-38(26-48(43)56)35-15-11-33(30-52)12-16-35/h1-28H. The molecule has 3 aromatic heterocycles. The smallest absolute Gasteiger partial charge is 0.104 e. The van der Waals surface area contributed by atoms with Gasteiger partial charge in [0, 0.05) is 33.9 Å². The Kier molecular flexibility index (Phi) is 7.53. The first kappa shape index (κ1) is 32.4. The Morgan fingerprint density at radius 1 is 0.357 bits per heavy atom. The molecule has 0 spiro atoms. The van der Waals surface area contributed by atoms with Gasteiger partial charge in [0.25, 0.3) is 0 Å². The van der Waals surface area contributed by atoms with Crippen LogP contribution >= 0.6 is 0 Å². The lowest BCUT2D eigenvalue weighted by Gasteiger charge is -2.18. The number of hydrogen-bond donors (Lipinski definition) is 0. The molecule has 7 aromatic carbocycles. The zero-order valence-corrected chi connectivity index (χ0v) is 29.8. The molecule has 0 aliphatic rings. The van der Waals surface area contributed by atoms with E-state index in [1.807, 2.05) is 84.9 Å². The van der Waals surface area contributed by atoms with Gasteiger partial charge in [-0.15, -0.1) is 0 Å². The van der Waals surface area contributed by atoms with Gasteiger partial charge in [-0.1, -0.05) is 84.9 Å². The molecule has 0 radical (unpaired) electrons. The summed E-state index contributed by atoms with van der Waals surface area (Å²) in [7, 11) is 0. The summed E-state index contributed by atoms with van der Waals surface area (Å²) in [6, 6.07) is 60.2. The number of aromatic nitrogens is 3. The molecule has 56 heavy (non-hydrogen) atoms. The van der Waals surface area contributed by atoms with Gasteiger partial charge < -0.3 is 9.13 Å². The zero-order valence-electron chi connectivity index (χ0n) is 29.8. The summed E-state index contributed by atoms with van der Waals surface area (Å²) < 4.78 is 4.45. The van der Waals surface area contributed by atoms with Crippen LogP contribution in [0.15, 0.2) is 170 Å². The summed E-state index contributed by atoms with van der Waals surface area (Å²) in [5, 5.41) is 34.5. The Morgan fingerprint density at radius 2 is 0.768 bits per heavy atom. The number of rotatable bonds is 5. The number of pyridine rings is 1. The highest BCUT2D eigenvalue weighted by atomic mass is 15.0. The van der Waals surface area contributed by atoms with E-state index in [9.17, 15) is 15.8 Å². The quantitative estimate of drug-likeness (QED) is 0.177. The van der Waals surface area contributed by atoms with Gasteiger partial charge >= 0.3 is 0 Å². The van der Waals surface area contributed by atoms with Crippen LogP contribution in [0.2, 0.25) is 0 Å². The minimum atomic E-state index is 0.528. The maximum Gasteiger partial charge on any atom is 0.104 e. The molecule has 0 N–H and O–H groups in total. The molecular weight excluding hydrogens is 685 g/mol. The van der Waals surface area contributed by atoms with Gasteiger partial charge in [-0.2, -0.15) is 15.8 Å². The molecule has 0 unspecified atom stereocenters. The third-order valence-electron chi connectivity index (χ3n) is 10.7. The van der Waals surface area contributed by atoms with Gasteiger partial charge in [0.15, 0.2) is 0 Å². The van der Waals surface area contributed by atoms with Crippen molar-refractivity contribution in [2.24, 2.45) is 0 Å². The minimum absolute atomic E-state index is 0.528. The van der Waals surface area contributed by atoms with E-state index in [1.54, 1.807) is 12.4 Å². The Morgan fingerprint density at radius 3 is 1.21 bits per heavy atom. The Hall–Kier alpha value is -8.24. The molecule has 0 fully saturated rings. The van der Waals surface area contributed by atoms with Crippen LogP contribution < -0.4 is 0 Å². The molecule has 0 aliphatic carbocycles. The summed E-state index contributed by atoms with van der Waals surface area (Å²) >= 11 is 0. The van der Waals surface area contributed by atoms with Crippen LogP contribution in [-0.4, -0.2) is 14.1 Å². The van der Waals surface area contributed by atoms with Crippen LogP contribution in [0.3, 0.4) is 0 Å². The third-order valence-corrected chi connectivity index (χ3v) is 10.7. The van der Waals surface area contributed by atoms with Crippen molar-refractivity contribution in [2.75, 3.05) is 0 Å². The lowest BCUT2D eigenvalue weighted by Crippen LogP contribution is -2.05. The average Bonchev–Trinajstić information content (AvgIpc) is 3.78. The van der Waals surface area contributed by atoms with Crippen molar-refractivity contribution in [2.45, 2.75) is 0 Å². The summed E-state index contributed by atoms with van der Waals surface area (Å²) in [5.41, 5.74) is 13.1. The van der Waals surface area contributed by atoms with E-state index in [4.69, 9.17) is 0 Å². The molecule has 6 nitrogen and oxygen atoms in total. The van der Waals surface area contributed by atoms with Crippen LogP contribution in [0.1, 0.15) is 16.7 Å². The first-order chi connectivity index (χ1) is 27.6. The normalized spacial score (nSPS) is 11.2. The van der Waals surface area contributed by atoms with E-state index in [1.165, 1.54) is 0 Å². The maximum atomic E-state index is 11.4. The minimum Gasteiger partial charge on any atom is -0.308 e. The number of benzene rings is 7. The molecule has 0 bridgehead atoms. The fraction of sp³-hybridized carbons (Fsp3) is 0. The summed E-state index contributed by atoms with van der Waals surface area (Å²) in [5.74, 6) is 0. The second-order valence-corrected chi connectivity index (χ2v) is 13.8. The van der Waals surface area contributed by atoms with Gasteiger partial charge in [-0.05, 0) is 106 Å². The van der Waals surface area contributed by atoms with Crippen molar-refractivity contribution in [1.29, 1.82) is 15.8 Å². The number of nitriles is 3. The maximum absolute atomic E-state index is 11.4. The summed E-state index contributed by atoms with van der Waals surface area (Å²) in [6.45, 7) is 0. The molecular formula is C50H28N6. The highest BCUT2D eigenvalue weighted by molar-refractivity contribution is 6.12. The highest BCUT2D eigenvalue weighted by Gasteiger charge is 2.23. The van der Waals surface area contributed by atoms with E-state index in [0.717, 1.165) is 88.4 Å². The van der Waals surface area contributed by atoms with E-state index >= 15 is 0 Å². The Balaban J connectivity index is 1.31. The molecule has 0 amide bonds. The number of nitrogens with zero attached hydrogens (tertiary/aromatic N) is 6. The van der Waals surface area contributed by atoms with Crippen molar-refractivity contribution < 1.29 is 0 Å². The fourth-order valence-corrected chi connectivity index (χ4v) is 8.08. The van der Waals surface area contributed by atoms with Crippen molar-refractivity contribution in [3.05, 3.63) is 187 Å². The van der Waals surface area contributed by atoms with Crippen molar-refractivity contribution in [1.82, 2.24) is 14.1 Å². The molecule has 10 aromatic rings. The lowest BCUT2D eigenvalue weighted by atomic mass is 10.00. The molecule has 6 heteroatoms. The third kappa shape index (κ3) is 5.12. The highest BCUT2D eigenvalue weighted by Crippen LogP contribution is 2.41. The van der Waals surface area contributed by atoms with Crippen LogP contribution in [0.4, 0.5) is 0 Å². The molecule has 0 saturated carbocycles. The van der Waals surface area contributed by atoms with Crippen molar-refractivity contribution in [3.63, 3.8) is 0 Å². The van der Waals surface area contributed by atoms with E-state index in [2.05, 4.69) is 105 Å². The van der Waals surface area contributed by atoms with Gasteiger partial charge in [0.2, 0.25) is 0 Å². The van der Waals surface area contributed by atoms with E-state index in [-0.39, 0.29) is 0 Å². The first-order valence-corrected chi connectivity index (χ1v) is 18.2. The topological polar surface area (TPSA) is 94.1 Å². The van der Waals surface area contributed by atoms with Gasteiger partial charge in [0.05, 0.1) is 56.7 Å².